The van der Waals surface area contributed by atoms with E-state index in [9.17, 15) is 20.4 Å². The lowest BCUT2D eigenvalue weighted by Crippen LogP contribution is -2.60. The molecule has 0 saturated carbocycles. The van der Waals surface area contributed by atoms with Crippen LogP contribution in [0, 0.1) is 0 Å². The highest BCUT2D eigenvalue weighted by Crippen LogP contribution is 2.38. The average Bonchev–Trinajstić information content (AvgIpc) is 0.810. The summed E-state index contributed by atoms with van der Waals surface area (Å²) in [6.07, 6.45) is 0.0990. The molecular formula is C63H162O22Si14. The minimum atomic E-state index is -2.79. The first-order valence-electron chi connectivity index (χ1n) is 37.3. The van der Waals surface area contributed by atoms with E-state index < -0.39 is 142 Å². The Balaban J connectivity index is -0.000000611. The predicted molar refractivity (Wildman–Crippen MR) is 445 cm³/mol. The molecular weight excluding hydrogens is 1500 g/mol. The van der Waals surface area contributed by atoms with Gasteiger partial charge >= 0.3 is 43.0 Å². The van der Waals surface area contributed by atoms with E-state index in [1.807, 2.05) is 0 Å². The number of ether oxygens (including phenoxy) is 4. The molecule has 22 nitrogen and oxygen atoms in total. The van der Waals surface area contributed by atoms with Crippen molar-refractivity contribution in [3.05, 3.63) is 0 Å². The fraction of sp³-hybridized carbons (Fsp3) is 1.00. The van der Waals surface area contributed by atoms with Crippen molar-refractivity contribution in [2.45, 2.75) is 329 Å². The van der Waals surface area contributed by atoms with E-state index in [2.05, 4.69) is 212 Å². The van der Waals surface area contributed by atoms with Crippen LogP contribution in [0.2, 0.25) is 230 Å². The summed E-state index contributed by atoms with van der Waals surface area (Å²) in [5, 5.41) is 72.6. The molecule has 0 heterocycles. The normalized spacial score (nSPS) is 15.6. The molecule has 0 aromatic heterocycles. The molecule has 0 radical (unpaired) electrons. The van der Waals surface area contributed by atoms with E-state index >= 15 is 0 Å². The molecule has 602 valence electrons. The van der Waals surface area contributed by atoms with Gasteiger partial charge in [0.2, 0.25) is 0 Å². The van der Waals surface area contributed by atoms with Gasteiger partial charge in [-0.1, -0.05) is 48.5 Å². The van der Waals surface area contributed by atoms with Crippen LogP contribution in [-0.2, 0) is 60.1 Å². The van der Waals surface area contributed by atoms with E-state index in [0.717, 1.165) is 92.2 Å². The summed E-state index contributed by atoms with van der Waals surface area (Å²) in [5.74, 6) is 0. The standard InChI is InChI=1S/C20H48O5Si3.2C15H40O6Si4.C13H34O5Si3/c1-8-26(9-2,10-3)24-28(14-7,25-27(11-4,12-5)13-6)17-15-16-23-19-20(22)18-21;1-22(2,3)19-24(7,8)21-25(9,20-23(4,5)6)12-10-11-18-14-15(17)13-16;1-22(2,3)19-25(20-23(4,5)6,21-24(7,8)9)12-10-11-18-14-15(17)13-16;1-19(2,3)17-21(7,18-20(4,5)6)10-8-9-16-12-13(15)11-14/h20-22H,8-19H2,1-7H3;2*15-17H,10-14H2,1-9H3;13-15H,8-12H2,1-7H3. The van der Waals surface area contributed by atoms with Gasteiger partial charge in [0.1, 0.15) is 24.4 Å². The second-order valence-electron chi connectivity index (χ2n) is 34.0. The zero-order chi connectivity index (χ0) is 78.3. The van der Waals surface area contributed by atoms with Crippen LogP contribution in [0.5, 0.6) is 0 Å². The van der Waals surface area contributed by atoms with E-state index in [4.69, 9.17) is 80.5 Å². The Morgan fingerprint density at radius 1 is 0.253 bits per heavy atom. The van der Waals surface area contributed by atoms with Gasteiger partial charge in [-0.3, -0.25) is 0 Å². The molecule has 0 aliphatic heterocycles. The number of rotatable bonds is 55. The Kier molecular flexibility index (Phi) is 55.2. The lowest BCUT2D eigenvalue weighted by atomic mass is 10.4. The number of hydrogen-bond donors (Lipinski definition) is 8. The fourth-order valence-corrected chi connectivity index (χ4v) is 72.5. The number of aliphatic hydroxyl groups excluding tert-OH is 8. The summed E-state index contributed by atoms with van der Waals surface area (Å²) in [5.41, 5.74) is 0. The zero-order valence-corrected chi connectivity index (χ0v) is 83.7. The zero-order valence-electron chi connectivity index (χ0n) is 69.7. The Morgan fingerprint density at radius 2 is 0.475 bits per heavy atom. The second kappa shape index (κ2) is 50.9. The van der Waals surface area contributed by atoms with Crippen LogP contribution < -0.4 is 0 Å². The van der Waals surface area contributed by atoms with Gasteiger partial charge in [-0.15, -0.1) is 0 Å². The van der Waals surface area contributed by atoms with Crippen molar-refractivity contribution in [3.63, 3.8) is 0 Å². The third-order valence-corrected chi connectivity index (χ3v) is 66.3. The molecule has 0 fully saturated rings. The third-order valence-electron chi connectivity index (χ3n) is 14.7. The molecule has 8 N–H and O–H groups in total. The van der Waals surface area contributed by atoms with Crippen molar-refractivity contribution in [1.82, 2.24) is 0 Å². The Bertz CT molecular complexity index is 1890. The molecule has 0 aliphatic carbocycles. The number of aliphatic hydroxyl groups is 8. The van der Waals surface area contributed by atoms with Crippen molar-refractivity contribution in [2.75, 3.05) is 79.3 Å². The molecule has 0 spiro atoms. The maximum absolute atomic E-state index is 9.46. The van der Waals surface area contributed by atoms with E-state index in [0.29, 0.717) is 26.4 Å². The Labute approximate surface area is 622 Å². The molecule has 0 aromatic carbocycles. The van der Waals surface area contributed by atoms with E-state index in [-0.39, 0.29) is 52.9 Å². The monoisotopic (exact) mass is 1660 g/mol. The minimum Gasteiger partial charge on any atom is -0.437 e. The summed E-state index contributed by atoms with van der Waals surface area (Å²) in [6, 6.07) is 11.3. The summed E-state index contributed by atoms with van der Waals surface area (Å²) in [7, 11) is -27.7. The third kappa shape index (κ3) is 59.7. The van der Waals surface area contributed by atoms with Crippen molar-refractivity contribution in [1.29, 1.82) is 0 Å². The lowest BCUT2D eigenvalue weighted by molar-refractivity contribution is 0.00599. The van der Waals surface area contributed by atoms with Gasteiger partial charge in [-0.2, -0.15) is 0 Å². The van der Waals surface area contributed by atoms with Crippen LogP contribution in [0.3, 0.4) is 0 Å². The van der Waals surface area contributed by atoms with Gasteiger partial charge in [0.25, 0.3) is 0 Å². The SMILES string of the molecule is CC[Si](CC)(CC)O[Si](CC)(CCCOCC(O)CO)O[Si](CC)(CC)CC.C[Si](C)(C)O[Si](C)(C)O[Si](C)(CCCOCC(O)CO)O[Si](C)(C)C.C[Si](C)(C)O[Si](C)(CCCOCC(O)CO)O[Si](C)(C)C.C[Si](C)(C)O[Si](CCCOCC(O)CO)(O[Si](C)(C)C)O[Si](C)(C)C. The lowest BCUT2D eigenvalue weighted by Gasteiger charge is -2.45. The van der Waals surface area contributed by atoms with Crippen LogP contribution in [0.4, 0.5) is 0 Å². The van der Waals surface area contributed by atoms with Crippen LogP contribution in [-0.4, -0.2) is 262 Å². The van der Waals surface area contributed by atoms with Crippen molar-refractivity contribution in [3.8, 4) is 0 Å². The predicted octanol–water partition coefficient (Wildman–Crippen LogP) is 14.3. The van der Waals surface area contributed by atoms with Crippen LogP contribution in [0.1, 0.15) is 74.1 Å². The first-order valence-corrected chi connectivity index (χ1v) is 78.2. The van der Waals surface area contributed by atoms with Crippen molar-refractivity contribution < 1.29 is 101 Å². The quantitative estimate of drug-likeness (QED) is 0.0207. The molecule has 5 unspecified atom stereocenters. The van der Waals surface area contributed by atoms with E-state index in [1.54, 1.807) is 0 Å². The summed E-state index contributed by atoms with van der Waals surface area (Å²) in [4.78, 5) is 0. The van der Waals surface area contributed by atoms with Crippen molar-refractivity contribution in [2.24, 2.45) is 0 Å². The molecule has 0 bridgehead atoms. The largest absolute Gasteiger partial charge is 0.469 e. The molecule has 36 heteroatoms. The summed E-state index contributed by atoms with van der Waals surface area (Å²) < 4.78 is 88.1. The molecule has 0 saturated heterocycles. The van der Waals surface area contributed by atoms with Crippen LogP contribution in [0.25, 0.3) is 0 Å². The van der Waals surface area contributed by atoms with Gasteiger partial charge in [0.05, 0.1) is 52.9 Å². The highest BCUT2D eigenvalue weighted by atomic mass is 28.5. The van der Waals surface area contributed by atoms with Crippen LogP contribution in [0.15, 0.2) is 0 Å². The topological polar surface area (TPSA) is 291 Å². The minimum absolute atomic E-state index is 0.143. The van der Waals surface area contributed by atoms with Gasteiger partial charge in [0.15, 0.2) is 74.9 Å². The fourth-order valence-electron chi connectivity index (χ4n) is 11.2. The highest BCUT2D eigenvalue weighted by molar-refractivity contribution is 6.92. The molecule has 0 aromatic rings. The summed E-state index contributed by atoms with van der Waals surface area (Å²) >= 11 is 0. The number of hydrogen-bond acceptors (Lipinski definition) is 22. The maximum atomic E-state index is 9.46. The van der Waals surface area contributed by atoms with Gasteiger partial charge in [-0.05, 0) is 250 Å². The highest BCUT2D eigenvalue weighted by Gasteiger charge is 2.51. The van der Waals surface area contributed by atoms with Gasteiger partial charge < -0.3 is 101 Å². The molecule has 5 atom stereocenters. The first kappa shape index (κ1) is 107. The smallest absolute Gasteiger partial charge is 0.437 e. The van der Waals surface area contributed by atoms with Crippen LogP contribution >= 0.6 is 0 Å². The molecule has 0 amide bonds. The van der Waals surface area contributed by atoms with Gasteiger partial charge in [-0.25, -0.2) is 0 Å². The van der Waals surface area contributed by atoms with E-state index in [1.165, 1.54) is 0 Å². The van der Waals surface area contributed by atoms with Gasteiger partial charge in [0, 0.05) is 32.5 Å². The molecule has 0 rings (SSSR count). The maximum Gasteiger partial charge on any atom is 0.469 e. The molecule has 99 heavy (non-hydrogen) atoms. The summed E-state index contributed by atoms with van der Waals surface area (Å²) in [6.45, 7) is 72.1. The first-order chi connectivity index (χ1) is 44.8. The second-order valence-corrected chi connectivity index (χ2v) is 93.9. The Morgan fingerprint density at radius 3 is 0.687 bits per heavy atom. The van der Waals surface area contributed by atoms with Crippen molar-refractivity contribution >= 4 is 118 Å². The Hall–Kier alpha value is 2.16. The average molecular weight is 1670 g/mol. The molecule has 0 aliphatic rings.